The van der Waals surface area contributed by atoms with E-state index in [4.69, 9.17) is 0 Å². The third-order valence-electron chi connectivity index (χ3n) is 7.39. The summed E-state index contributed by atoms with van der Waals surface area (Å²) < 4.78 is 0. The molecule has 0 aromatic heterocycles. The quantitative estimate of drug-likeness (QED) is 0.337. The second-order valence-electron chi connectivity index (χ2n) is 9.64. The molecule has 0 fully saturated rings. The Labute approximate surface area is 201 Å². The molecule has 3 atom stereocenters. The molecule has 0 spiro atoms. The highest BCUT2D eigenvalue weighted by Gasteiger charge is 2.28. The van der Waals surface area contributed by atoms with Gasteiger partial charge in [0.15, 0.2) is 0 Å². The molecule has 4 aromatic rings. The third-order valence-corrected chi connectivity index (χ3v) is 7.39. The van der Waals surface area contributed by atoms with Gasteiger partial charge < -0.3 is 10.4 Å². The third kappa shape index (κ3) is 4.36. The number of carboxylic acid groups (broad SMARTS) is 1. The standard InChI is InChI=1S/C31H31NO2/c1-20-16-25(14-15-26(20)31(33)34)30-18-22(17-24-9-4-6-12-29(24)30)19-32-21(2)27-13-7-10-23-8-3-5-11-28(23)27/h3-16,21-22,30,32H,17-19H2,1-2H3,(H,33,34). The van der Waals surface area contributed by atoms with Crippen LogP contribution in [0.15, 0.2) is 84.9 Å². The topological polar surface area (TPSA) is 49.3 Å². The smallest absolute Gasteiger partial charge is 0.335 e. The molecule has 34 heavy (non-hydrogen) atoms. The molecule has 1 aliphatic rings. The van der Waals surface area contributed by atoms with E-state index >= 15 is 0 Å². The Hall–Kier alpha value is -3.43. The number of fused-ring (bicyclic) bond motifs is 2. The van der Waals surface area contributed by atoms with Gasteiger partial charge in [-0.15, -0.1) is 0 Å². The molecule has 5 rings (SSSR count). The van der Waals surface area contributed by atoms with Crippen LogP contribution >= 0.6 is 0 Å². The predicted octanol–water partition coefficient (Wildman–Crippen LogP) is 6.89. The van der Waals surface area contributed by atoms with Crippen LogP contribution in [-0.4, -0.2) is 17.6 Å². The Balaban J connectivity index is 1.37. The fourth-order valence-corrected chi connectivity index (χ4v) is 5.61. The number of carbonyl (C=O) groups is 1. The molecule has 3 unspecified atom stereocenters. The molecule has 0 bridgehead atoms. The first-order valence-corrected chi connectivity index (χ1v) is 12.1. The highest BCUT2D eigenvalue weighted by atomic mass is 16.4. The number of nitrogens with one attached hydrogen (secondary N) is 1. The lowest BCUT2D eigenvalue weighted by molar-refractivity contribution is 0.0696. The van der Waals surface area contributed by atoms with Crippen molar-refractivity contribution in [1.82, 2.24) is 5.32 Å². The molecule has 0 amide bonds. The summed E-state index contributed by atoms with van der Waals surface area (Å²) in [7, 11) is 0. The molecule has 4 aromatic carbocycles. The zero-order valence-corrected chi connectivity index (χ0v) is 19.8. The van der Waals surface area contributed by atoms with E-state index in [1.807, 2.05) is 13.0 Å². The van der Waals surface area contributed by atoms with Crippen molar-refractivity contribution < 1.29 is 9.90 Å². The average molecular weight is 450 g/mol. The van der Waals surface area contributed by atoms with Crippen molar-refractivity contribution in [3.05, 3.63) is 118 Å². The zero-order valence-electron chi connectivity index (χ0n) is 19.8. The maximum Gasteiger partial charge on any atom is 0.335 e. The molecule has 1 aliphatic carbocycles. The second-order valence-corrected chi connectivity index (χ2v) is 9.64. The van der Waals surface area contributed by atoms with Crippen molar-refractivity contribution >= 4 is 16.7 Å². The Morgan fingerprint density at radius 2 is 1.76 bits per heavy atom. The van der Waals surface area contributed by atoms with Gasteiger partial charge in [0.05, 0.1) is 5.56 Å². The summed E-state index contributed by atoms with van der Waals surface area (Å²) in [6.45, 7) is 5.10. The summed E-state index contributed by atoms with van der Waals surface area (Å²) in [5, 5.41) is 15.9. The van der Waals surface area contributed by atoms with Crippen LogP contribution in [0.4, 0.5) is 0 Å². The van der Waals surface area contributed by atoms with Gasteiger partial charge in [0, 0.05) is 12.0 Å². The molecule has 2 N–H and O–H groups in total. The van der Waals surface area contributed by atoms with Gasteiger partial charge in [-0.1, -0.05) is 78.9 Å². The van der Waals surface area contributed by atoms with E-state index in [2.05, 4.69) is 85.0 Å². The molecular weight excluding hydrogens is 418 g/mol. The van der Waals surface area contributed by atoms with E-state index in [-0.39, 0.29) is 12.0 Å². The van der Waals surface area contributed by atoms with Crippen LogP contribution in [0, 0.1) is 12.8 Å². The van der Waals surface area contributed by atoms with Crippen LogP contribution in [0.25, 0.3) is 10.8 Å². The largest absolute Gasteiger partial charge is 0.478 e. The van der Waals surface area contributed by atoms with Crippen molar-refractivity contribution in [1.29, 1.82) is 0 Å². The van der Waals surface area contributed by atoms with Crippen LogP contribution in [0.2, 0.25) is 0 Å². The van der Waals surface area contributed by atoms with Crippen molar-refractivity contribution in [2.75, 3.05) is 6.54 Å². The summed E-state index contributed by atoms with van der Waals surface area (Å²) in [4.78, 5) is 11.5. The van der Waals surface area contributed by atoms with Gasteiger partial charge in [-0.3, -0.25) is 0 Å². The second kappa shape index (κ2) is 9.44. The first-order chi connectivity index (χ1) is 16.5. The van der Waals surface area contributed by atoms with Gasteiger partial charge in [0.1, 0.15) is 0 Å². The molecule has 172 valence electrons. The Bertz CT molecular complexity index is 1340. The van der Waals surface area contributed by atoms with Gasteiger partial charge in [0.2, 0.25) is 0 Å². The molecule has 3 heteroatoms. The number of rotatable bonds is 6. The molecule has 0 heterocycles. The summed E-state index contributed by atoms with van der Waals surface area (Å²) in [6, 6.07) is 30.0. The molecule has 0 saturated heterocycles. The molecular formula is C31H31NO2. The van der Waals surface area contributed by atoms with E-state index in [9.17, 15) is 9.90 Å². The number of hydrogen-bond donors (Lipinski definition) is 2. The summed E-state index contributed by atoms with van der Waals surface area (Å²) >= 11 is 0. The zero-order chi connectivity index (χ0) is 23.7. The SMILES string of the molecule is Cc1cc(C2CC(CNC(C)c3cccc4ccccc34)Cc3ccccc32)ccc1C(=O)O. The minimum atomic E-state index is -0.863. The fourth-order valence-electron chi connectivity index (χ4n) is 5.61. The van der Waals surface area contributed by atoms with Gasteiger partial charge in [-0.05, 0) is 83.8 Å². The van der Waals surface area contributed by atoms with E-state index < -0.39 is 5.97 Å². The Kier molecular flexibility index (Phi) is 6.21. The van der Waals surface area contributed by atoms with E-state index in [0.717, 1.165) is 24.9 Å². The molecule has 0 radical (unpaired) electrons. The van der Waals surface area contributed by atoms with Crippen LogP contribution in [0.5, 0.6) is 0 Å². The average Bonchev–Trinajstić information content (AvgIpc) is 2.86. The lowest BCUT2D eigenvalue weighted by Gasteiger charge is -2.33. The van der Waals surface area contributed by atoms with Crippen molar-refractivity contribution in [3.63, 3.8) is 0 Å². The summed E-state index contributed by atoms with van der Waals surface area (Å²) in [6.07, 6.45) is 2.12. The van der Waals surface area contributed by atoms with E-state index in [1.165, 1.54) is 33.0 Å². The number of aromatic carboxylic acids is 1. The summed E-state index contributed by atoms with van der Waals surface area (Å²) in [5.41, 5.74) is 6.54. The first kappa shape index (κ1) is 22.4. The lowest BCUT2D eigenvalue weighted by Crippen LogP contribution is -2.31. The molecule has 0 aliphatic heterocycles. The number of benzene rings is 4. The minimum Gasteiger partial charge on any atom is -0.478 e. The van der Waals surface area contributed by atoms with Crippen LogP contribution < -0.4 is 5.32 Å². The molecule has 3 nitrogen and oxygen atoms in total. The van der Waals surface area contributed by atoms with Crippen molar-refractivity contribution in [2.24, 2.45) is 5.92 Å². The highest BCUT2D eigenvalue weighted by Crippen LogP contribution is 2.40. The Morgan fingerprint density at radius 3 is 2.59 bits per heavy atom. The van der Waals surface area contributed by atoms with E-state index in [0.29, 0.717) is 11.5 Å². The van der Waals surface area contributed by atoms with Crippen molar-refractivity contribution in [3.8, 4) is 0 Å². The van der Waals surface area contributed by atoms with Gasteiger partial charge >= 0.3 is 5.97 Å². The van der Waals surface area contributed by atoms with Crippen LogP contribution in [0.3, 0.4) is 0 Å². The minimum absolute atomic E-state index is 0.263. The highest BCUT2D eigenvalue weighted by molar-refractivity contribution is 5.89. The van der Waals surface area contributed by atoms with Gasteiger partial charge in [-0.25, -0.2) is 4.79 Å². The number of hydrogen-bond acceptors (Lipinski definition) is 2. The van der Waals surface area contributed by atoms with E-state index in [1.54, 1.807) is 6.07 Å². The van der Waals surface area contributed by atoms with Gasteiger partial charge in [0.25, 0.3) is 0 Å². The number of carboxylic acids is 1. The normalized spacial score (nSPS) is 18.4. The first-order valence-electron chi connectivity index (χ1n) is 12.1. The maximum atomic E-state index is 11.5. The van der Waals surface area contributed by atoms with Crippen LogP contribution in [-0.2, 0) is 6.42 Å². The molecule has 0 saturated carbocycles. The number of aryl methyl sites for hydroxylation is 1. The van der Waals surface area contributed by atoms with Crippen LogP contribution in [0.1, 0.15) is 63.5 Å². The lowest BCUT2D eigenvalue weighted by atomic mass is 9.73. The van der Waals surface area contributed by atoms with Gasteiger partial charge in [-0.2, -0.15) is 0 Å². The Morgan fingerprint density at radius 1 is 1.00 bits per heavy atom. The fraction of sp³-hybridized carbons (Fsp3) is 0.258. The maximum absolute atomic E-state index is 11.5. The predicted molar refractivity (Wildman–Crippen MR) is 139 cm³/mol. The van der Waals surface area contributed by atoms with Crippen molar-refractivity contribution in [2.45, 2.75) is 38.6 Å². The monoisotopic (exact) mass is 449 g/mol. The summed E-state index contributed by atoms with van der Waals surface area (Å²) in [5.74, 6) is -0.0690.